The number of carbonyl (C=O) groups is 1. The van der Waals surface area contributed by atoms with Crippen LogP contribution >= 0.6 is 0 Å². The molecule has 0 bridgehead atoms. The molecule has 0 fully saturated rings. The van der Waals surface area contributed by atoms with E-state index in [-0.39, 0.29) is 6.61 Å². The van der Waals surface area contributed by atoms with Gasteiger partial charge in [0, 0.05) is 0 Å². The van der Waals surface area contributed by atoms with E-state index in [0.29, 0.717) is 6.42 Å². The van der Waals surface area contributed by atoms with E-state index >= 15 is 0 Å². The molecular weight excluding hydrogens is 582 g/mol. The molecule has 5 heteroatoms. The van der Waals surface area contributed by atoms with Crippen molar-refractivity contribution in [3.63, 3.8) is 0 Å². The van der Waals surface area contributed by atoms with Crippen LogP contribution < -0.4 is 5.32 Å². The summed E-state index contributed by atoms with van der Waals surface area (Å²) in [6, 6.07) is -0.800. The summed E-state index contributed by atoms with van der Waals surface area (Å²) in [5.74, 6) is -0.513. The van der Waals surface area contributed by atoms with Crippen LogP contribution in [0.25, 0.3) is 0 Å². The molecule has 47 heavy (non-hydrogen) atoms. The third kappa shape index (κ3) is 32.9. The van der Waals surface area contributed by atoms with Crippen molar-refractivity contribution in [3.05, 3.63) is 36.5 Å². The van der Waals surface area contributed by atoms with Crippen LogP contribution in [0.3, 0.4) is 0 Å². The van der Waals surface area contributed by atoms with E-state index in [0.717, 1.165) is 44.9 Å². The van der Waals surface area contributed by atoms with E-state index in [4.69, 9.17) is 0 Å². The lowest BCUT2D eigenvalue weighted by Crippen LogP contribution is -2.48. The van der Waals surface area contributed by atoms with Gasteiger partial charge in [0.05, 0.1) is 18.8 Å². The van der Waals surface area contributed by atoms with Gasteiger partial charge in [0.15, 0.2) is 0 Å². The van der Waals surface area contributed by atoms with Crippen LogP contribution in [0.1, 0.15) is 200 Å². The van der Waals surface area contributed by atoms with Crippen molar-refractivity contribution < 1.29 is 20.1 Å². The second-order valence-corrected chi connectivity index (χ2v) is 13.8. The fourth-order valence-corrected chi connectivity index (χ4v) is 5.98. The highest BCUT2D eigenvalue weighted by molar-refractivity contribution is 5.80. The summed E-state index contributed by atoms with van der Waals surface area (Å²) in [5.41, 5.74) is 0. The number of nitrogens with one attached hydrogen (secondary N) is 1. The predicted octanol–water partition coefficient (Wildman–Crippen LogP) is 11.2. The first kappa shape index (κ1) is 45.6. The fourth-order valence-electron chi connectivity index (χ4n) is 5.98. The minimum Gasteiger partial charge on any atom is -0.394 e. The SMILES string of the molecule is CCCCCCCCCCC/C=C\C/C=C\CCCCCCCCC(O)C(=O)NC(CO)C(O)/C=C/CCCCCCCCCCC. The number of carbonyl (C=O) groups excluding carboxylic acids is 1. The lowest BCUT2D eigenvalue weighted by Gasteiger charge is -2.21. The average molecular weight is 662 g/mol. The number of hydrogen-bond donors (Lipinski definition) is 4. The first-order valence-electron chi connectivity index (χ1n) is 20.3. The number of aliphatic hydroxyl groups excluding tert-OH is 3. The van der Waals surface area contributed by atoms with Crippen LogP contribution in [0.15, 0.2) is 36.5 Å². The van der Waals surface area contributed by atoms with Crippen LogP contribution in [-0.2, 0) is 4.79 Å². The molecule has 0 saturated heterocycles. The summed E-state index contributed by atoms with van der Waals surface area (Å²) in [4.78, 5) is 12.4. The molecule has 0 aromatic carbocycles. The molecule has 1 amide bonds. The summed E-state index contributed by atoms with van der Waals surface area (Å²) >= 11 is 0. The largest absolute Gasteiger partial charge is 0.394 e. The quantitative estimate of drug-likeness (QED) is 0.0397. The van der Waals surface area contributed by atoms with Crippen molar-refractivity contribution in [2.24, 2.45) is 0 Å². The maximum Gasteiger partial charge on any atom is 0.249 e. The van der Waals surface area contributed by atoms with Gasteiger partial charge in [0.1, 0.15) is 6.10 Å². The molecule has 3 unspecified atom stereocenters. The Labute approximate surface area is 292 Å². The smallest absolute Gasteiger partial charge is 0.249 e. The Bertz CT molecular complexity index is 734. The summed E-state index contributed by atoms with van der Waals surface area (Å²) < 4.78 is 0. The third-order valence-electron chi connectivity index (χ3n) is 9.23. The van der Waals surface area contributed by atoms with E-state index in [1.807, 2.05) is 6.08 Å². The monoisotopic (exact) mass is 662 g/mol. The van der Waals surface area contributed by atoms with Gasteiger partial charge in [0.25, 0.3) is 0 Å². The van der Waals surface area contributed by atoms with Gasteiger partial charge >= 0.3 is 0 Å². The Morgan fingerprint density at radius 3 is 1.34 bits per heavy atom. The number of allylic oxidation sites excluding steroid dienone is 5. The molecule has 0 aliphatic heterocycles. The fraction of sp³-hybridized carbons (Fsp3) is 0.833. The van der Waals surface area contributed by atoms with Gasteiger partial charge < -0.3 is 20.6 Å². The normalized spacial score (nSPS) is 14.1. The van der Waals surface area contributed by atoms with E-state index in [1.54, 1.807) is 6.08 Å². The van der Waals surface area contributed by atoms with E-state index < -0.39 is 24.2 Å². The zero-order chi connectivity index (χ0) is 34.5. The number of rotatable bonds is 36. The first-order valence-corrected chi connectivity index (χ1v) is 20.3. The maximum atomic E-state index is 12.4. The van der Waals surface area contributed by atoms with Gasteiger partial charge in [-0.05, 0) is 51.4 Å². The molecule has 0 saturated carbocycles. The van der Waals surface area contributed by atoms with E-state index in [9.17, 15) is 20.1 Å². The van der Waals surface area contributed by atoms with E-state index in [1.165, 1.54) is 135 Å². The number of amides is 1. The molecule has 276 valence electrons. The lowest BCUT2D eigenvalue weighted by atomic mass is 10.0. The second kappa shape index (κ2) is 37.4. The second-order valence-electron chi connectivity index (χ2n) is 13.8. The Balaban J connectivity index is 3.70. The third-order valence-corrected chi connectivity index (χ3v) is 9.23. The van der Waals surface area contributed by atoms with Gasteiger partial charge in [-0.1, -0.05) is 185 Å². The topological polar surface area (TPSA) is 89.8 Å². The molecule has 0 aliphatic carbocycles. The highest BCUT2D eigenvalue weighted by atomic mass is 16.3. The van der Waals surface area contributed by atoms with E-state index in [2.05, 4.69) is 43.5 Å². The van der Waals surface area contributed by atoms with Crippen LogP contribution in [-0.4, -0.2) is 46.1 Å². The molecule has 0 aromatic rings. The van der Waals surface area contributed by atoms with Crippen molar-refractivity contribution >= 4 is 5.91 Å². The first-order chi connectivity index (χ1) is 23.1. The molecule has 0 heterocycles. The van der Waals surface area contributed by atoms with Crippen LogP contribution in [0.4, 0.5) is 0 Å². The standard InChI is InChI=1S/C42H79NO4/c1-3-5-7-9-11-13-15-16-17-18-19-20-21-22-23-24-25-27-29-31-33-35-37-41(46)42(47)43-39(38-44)40(45)36-34-32-30-28-26-14-12-10-8-6-4-2/h19-20,22-23,34,36,39-41,44-46H,3-18,21,24-33,35,37-38H2,1-2H3,(H,43,47)/b20-19-,23-22-,36-34+. The number of hydrogen-bond acceptors (Lipinski definition) is 4. The van der Waals surface area contributed by atoms with Crippen molar-refractivity contribution in [2.75, 3.05) is 6.61 Å². The van der Waals surface area contributed by atoms with Crippen molar-refractivity contribution in [1.82, 2.24) is 5.32 Å². The minimum atomic E-state index is -1.11. The lowest BCUT2D eigenvalue weighted by molar-refractivity contribution is -0.131. The summed E-state index contributed by atoms with van der Waals surface area (Å²) in [6.07, 6.45) is 46.0. The molecule has 4 N–H and O–H groups in total. The van der Waals surface area contributed by atoms with Gasteiger partial charge in [-0.15, -0.1) is 0 Å². The van der Waals surface area contributed by atoms with Gasteiger partial charge in [-0.25, -0.2) is 0 Å². The minimum absolute atomic E-state index is 0.368. The summed E-state index contributed by atoms with van der Waals surface area (Å²) in [7, 11) is 0. The molecule has 0 radical (unpaired) electrons. The summed E-state index contributed by atoms with van der Waals surface area (Å²) in [5, 5.41) is 33.0. The Kier molecular flexibility index (Phi) is 36.3. The van der Waals surface area contributed by atoms with Crippen LogP contribution in [0, 0.1) is 0 Å². The predicted molar refractivity (Wildman–Crippen MR) is 204 cm³/mol. The van der Waals surface area contributed by atoms with Crippen molar-refractivity contribution in [3.8, 4) is 0 Å². The molecule has 0 rings (SSSR count). The zero-order valence-corrected chi connectivity index (χ0v) is 31.2. The molecule has 0 aliphatic rings. The Morgan fingerprint density at radius 2 is 0.915 bits per heavy atom. The van der Waals surface area contributed by atoms with Crippen molar-refractivity contribution in [1.29, 1.82) is 0 Å². The highest BCUT2D eigenvalue weighted by Crippen LogP contribution is 2.13. The molecular formula is C42H79NO4. The van der Waals surface area contributed by atoms with Crippen LogP contribution in [0.5, 0.6) is 0 Å². The molecule has 0 aromatic heterocycles. The molecule has 5 nitrogen and oxygen atoms in total. The molecule has 3 atom stereocenters. The zero-order valence-electron chi connectivity index (χ0n) is 31.2. The highest BCUT2D eigenvalue weighted by Gasteiger charge is 2.22. The Morgan fingerprint density at radius 1 is 0.532 bits per heavy atom. The number of aliphatic hydroxyl groups is 3. The van der Waals surface area contributed by atoms with Gasteiger partial charge in [-0.2, -0.15) is 0 Å². The number of unbranched alkanes of at least 4 members (excludes halogenated alkanes) is 24. The van der Waals surface area contributed by atoms with Gasteiger partial charge in [-0.3, -0.25) is 4.79 Å². The maximum absolute atomic E-state index is 12.4. The summed E-state index contributed by atoms with van der Waals surface area (Å²) in [6.45, 7) is 4.15. The average Bonchev–Trinajstić information content (AvgIpc) is 3.07. The van der Waals surface area contributed by atoms with Crippen molar-refractivity contribution in [2.45, 2.75) is 218 Å². The van der Waals surface area contributed by atoms with Gasteiger partial charge in [0.2, 0.25) is 5.91 Å². The molecule has 0 spiro atoms. The Hall–Kier alpha value is -1.43. The van der Waals surface area contributed by atoms with Crippen LogP contribution in [0.2, 0.25) is 0 Å².